The van der Waals surface area contributed by atoms with Crippen LogP contribution in [0.25, 0.3) is 0 Å². The van der Waals surface area contributed by atoms with E-state index in [-0.39, 0.29) is 17.6 Å². The first kappa shape index (κ1) is 24.6. The summed E-state index contributed by atoms with van der Waals surface area (Å²) < 4.78 is 0. The molecule has 2 amide bonds. The predicted octanol–water partition coefficient (Wildman–Crippen LogP) is 5.81. The van der Waals surface area contributed by atoms with Crippen LogP contribution >= 0.6 is 35.0 Å². The zero-order valence-corrected chi connectivity index (χ0v) is 19.7. The fraction of sp³-hybridized carbons (Fsp3) is 0.391. The molecule has 0 fully saturated rings. The summed E-state index contributed by atoms with van der Waals surface area (Å²) in [5, 5.41) is 3.85. The summed E-state index contributed by atoms with van der Waals surface area (Å²) in [5.41, 5.74) is 0.835. The van der Waals surface area contributed by atoms with Crippen molar-refractivity contribution in [2.75, 3.05) is 12.3 Å². The van der Waals surface area contributed by atoms with Crippen LogP contribution in [0.1, 0.15) is 38.7 Å². The fourth-order valence-corrected chi connectivity index (χ4v) is 4.13. The molecule has 1 atom stereocenters. The maximum absolute atomic E-state index is 13.2. The average molecular weight is 467 g/mol. The lowest BCUT2D eigenvalue weighted by Crippen LogP contribution is -2.49. The van der Waals surface area contributed by atoms with Crippen molar-refractivity contribution in [2.24, 2.45) is 0 Å². The lowest BCUT2D eigenvalue weighted by atomic mass is 10.1. The third-order valence-electron chi connectivity index (χ3n) is 4.66. The highest BCUT2D eigenvalue weighted by Crippen LogP contribution is 2.25. The number of halogens is 2. The molecule has 0 saturated carbocycles. The summed E-state index contributed by atoms with van der Waals surface area (Å²) in [6, 6.07) is 14.5. The van der Waals surface area contributed by atoms with Crippen molar-refractivity contribution >= 4 is 46.8 Å². The van der Waals surface area contributed by atoms with Gasteiger partial charge in [0.15, 0.2) is 0 Å². The van der Waals surface area contributed by atoms with Crippen LogP contribution in [0.2, 0.25) is 10.0 Å². The first-order valence-electron chi connectivity index (χ1n) is 10.1. The molecule has 2 aromatic rings. The third-order valence-corrected chi connectivity index (χ3v) is 6.39. The first-order valence-corrected chi connectivity index (χ1v) is 11.9. The maximum atomic E-state index is 13.2. The van der Waals surface area contributed by atoms with Gasteiger partial charge in [-0.2, -0.15) is 0 Å². The first-order chi connectivity index (χ1) is 14.5. The second kappa shape index (κ2) is 12.9. The second-order valence-corrected chi connectivity index (χ2v) is 8.80. The van der Waals surface area contributed by atoms with Crippen LogP contribution in [0, 0.1) is 0 Å². The number of benzene rings is 2. The Morgan fingerprint density at radius 2 is 1.80 bits per heavy atom. The molecule has 30 heavy (non-hydrogen) atoms. The summed E-state index contributed by atoms with van der Waals surface area (Å²) in [6.45, 7) is 4.90. The molecule has 1 N–H and O–H groups in total. The Balaban J connectivity index is 2.19. The van der Waals surface area contributed by atoms with Gasteiger partial charge in [-0.05, 0) is 42.7 Å². The normalized spacial score (nSPS) is 11.7. The molecule has 4 nitrogen and oxygen atoms in total. The van der Waals surface area contributed by atoms with Crippen molar-refractivity contribution in [1.29, 1.82) is 0 Å². The lowest BCUT2D eigenvalue weighted by molar-refractivity contribution is -0.139. The molecular formula is C23H28Cl2N2O2S. The Bertz CT molecular complexity index is 833. The second-order valence-electron chi connectivity index (χ2n) is 6.94. The summed E-state index contributed by atoms with van der Waals surface area (Å²) in [7, 11) is 0. The van der Waals surface area contributed by atoms with Crippen LogP contribution in [0.15, 0.2) is 53.4 Å². The number of unbranched alkanes of at least 4 members (excludes halogenated alkanes) is 1. The summed E-state index contributed by atoms with van der Waals surface area (Å²) in [5.74, 6) is 0.0425. The fourth-order valence-electron chi connectivity index (χ4n) is 3.01. The number of nitrogens with zero attached hydrogens (tertiary/aromatic N) is 1. The Morgan fingerprint density at radius 1 is 1.07 bits per heavy atom. The average Bonchev–Trinajstić information content (AvgIpc) is 2.75. The summed E-state index contributed by atoms with van der Waals surface area (Å²) in [4.78, 5) is 28.7. The zero-order chi connectivity index (χ0) is 21.9. The molecule has 0 bridgehead atoms. The van der Waals surface area contributed by atoms with Crippen LogP contribution < -0.4 is 5.32 Å². The molecule has 0 spiro atoms. The molecule has 0 saturated heterocycles. The van der Waals surface area contributed by atoms with E-state index >= 15 is 0 Å². The summed E-state index contributed by atoms with van der Waals surface area (Å²) >= 11 is 13.7. The monoisotopic (exact) mass is 466 g/mol. The molecule has 0 heterocycles. The molecule has 0 aliphatic rings. The predicted molar refractivity (Wildman–Crippen MR) is 126 cm³/mol. The number of hydrogen-bond acceptors (Lipinski definition) is 3. The van der Waals surface area contributed by atoms with Gasteiger partial charge in [-0.25, -0.2) is 0 Å². The van der Waals surface area contributed by atoms with E-state index in [0.717, 1.165) is 23.3 Å². The zero-order valence-electron chi connectivity index (χ0n) is 17.4. The van der Waals surface area contributed by atoms with Gasteiger partial charge in [0.1, 0.15) is 6.04 Å². The Hall–Kier alpha value is -1.69. The summed E-state index contributed by atoms with van der Waals surface area (Å²) in [6.07, 6.45) is 2.44. The van der Waals surface area contributed by atoms with Gasteiger partial charge >= 0.3 is 0 Å². The molecule has 0 radical (unpaired) electrons. The molecule has 162 valence electrons. The van der Waals surface area contributed by atoms with E-state index in [1.165, 1.54) is 11.8 Å². The Morgan fingerprint density at radius 3 is 2.43 bits per heavy atom. The van der Waals surface area contributed by atoms with Gasteiger partial charge < -0.3 is 10.2 Å². The highest BCUT2D eigenvalue weighted by molar-refractivity contribution is 8.00. The van der Waals surface area contributed by atoms with Gasteiger partial charge in [0.25, 0.3) is 0 Å². The minimum atomic E-state index is -0.541. The van der Waals surface area contributed by atoms with Crippen molar-refractivity contribution in [3.05, 3.63) is 64.1 Å². The van der Waals surface area contributed by atoms with Gasteiger partial charge in [0.2, 0.25) is 11.8 Å². The van der Waals surface area contributed by atoms with E-state index in [1.807, 2.05) is 43.3 Å². The smallest absolute Gasteiger partial charge is 0.242 e. The van der Waals surface area contributed by atoms with Crippen molar-refractivity contribution in [1.82, 2.24) is 10.2 Å². The van der Waals surface area contributed by atoms with Crippen molar-refractivity contribution < 1.29 is 9.59 Å². The number of carbonyl (C=O) groups is 2. The molecule has 0 aliphatic heterocycles. The van der Waals surface area contributed by atoms with Gasteiger partial charge in [-0.15, -0.1) is 11.8 Å². The Kier molecular flexibility index (Phi) is 10.6. The molecule has 7 heteroatoms. The number of rotatable bonds is 11. The topological polar surface area (TPSA) is 49.4 Å². The van der Waals surface area contributed by atoms with Crippen molar-refractivity contribution in [2.45, 2.75) is 50.6 Å². The van der Waals surface area contributed by atoms with Crippen LogP contribution in [0.5, 0.6) is 0 Å². The highest BCUT2D eigenvalue weighted by Gasteiger charge is 2.28. The number of thioether (sulfide) groups is 1. The number of carbonyl (C=O) groups excluding carboxylic acids is 2. The van der Waals surface area contributed by atoms with E-state index in [1.54, 1.807) is 17.0 Å². The van der Waals surface area contributed by atoms with Crippen molar-refractivity contribution in [3.63, 3.8) is 0 Å². The van der Waals surface area contributed by atoms with E-state index < -0.39 is 6.04 Å². The SMILES string of the molecule is CCCCNC(=O)C(CC)N(Cc1ccc(Cl)c(Cl)c1)C(=O)CSc1ccccc1. The van der Waals surface area contributed by atoms with Crippen LogP contribution in [0.4, 0.5) is 0 Å². The highest BCUT2D eigenvalue weighted by atomic mass is 35.5. The van der Waals surface area contributed by atoms with Gasteiger partial charge in [0, 0.05) is 18.0 Å². The molecule has 0 aliphatic carbocycles. The lowest BCUT2D eigenvalue weighted by Gasteiger charge is -2.30. The molecule has 2 rings (SSSR count). The minimum absolute atomic E-state index is 0.0904. The standard InChI is InChI=1S/C23H28Cl2N2O2S/c1-3-5-13-26-23(29)21(4-2)27(15-17-11-12-19(24)20(25)14-17)22(28)16-30-18-9-7-6-8-10-18/h6-12,14,21H,3-5,13,15-16H2,1-2H3,(H,26,29). The minimum Gasteiger partial charge on any atom is -0.354 e. The molecule has 1 unspecified atom stereocenters. The van der Waals surface area contributed by atoms with E-state index in [4.69, 9.17) is 23.2 Å². The molecule has 0 aromatic heterocycles. The van der Waals surface area contributed by atoms with Crippen molar-refractivity contribution in [3.8, 4) is 0 Å². The maximum Gasteiger partial charge on any atom is 0.242 e. The van der Waals surface area contributed by atoms with E-state index in [0.29, 0.717) is 29.6 Å². The largest absolute Gasteiger partial charge is 0.354 e. The van der Waals surface area contributed by atoms with Gasteiger partial charge in [0.05, 0.1) is 15.8 Å². The van der Waals surface area contributed by atoms with Gasteiger partial charge in [-0.3, -0.25) is 9.59 Å². The van der Waals surface area contributed by atoms with Crippen LogP contribution in [-0.4, -0.2) is 35.1 Å². The number of amides is 2. The van der Waals surface area contributed by atoms with Crippen LogP contribution in [-0.2, 0) is 16.1 Å². The number of nitrogens with one attached hydrogen (secondary N) is 1. The van der Waals surface area contributed by atoms with Crippen LogP contribution in [0.3, 0.4) is 0 Å². The van der Waals surface area contributed by atoms with E-state index in [2.05, 4.69) is 12.2 Å². The number of hydrogen-bond donors (Lipinski definition) is 1. The third kappa shape index (κ3) is 7.53. The molecule has 2 aromatic carbocycles. The quantitative estimate of drug-likeness (QED) is 0.335. The Labute approximate surface area is 193 Å². The van der Waals surface area contributed by atoms with Gasteiger partial charge in [-0.1, -0.05) is 67.7 Å². The molecular weight excluding hydrogens is 439 g/mol. The van der Waals surface area contributed by atoms with E-state index in [9.17, 15) is 9.59 Å².